The summed E-state index contributed by atoms with van der Waals surface area (Å²) in [5.74, 6) is 0.0233. The van der Waals surface area contributed by atoms with Gasteiger partial charge in [-0.2, -0.15) is 0 Å². The molecule has 222 valence electrons. The zero-order chi connectivity index (χ0) is 31.0. The second-order valence-corrected chi connectivity index (χ2v) is 12.3. The quantitative estimate of drug-likeness (QED) is 0.201. The fraction of sp³-hybridized carbons (Fsp3) is 0.171. The maximum Gasteiger partial charge on any atom is 0.338 e. The number of aromatic nitrogens is 1. The lowest BCUT2D eigenvalue weighted by atomic mass is 9.89. The monoisotopic (exact) mass is 667 g/mol. The van der Waals surface area contributed by atoms with Gasteiger partial charge in [-0.25, -0.2) is 9.79 Å². The standard InChI is InChI=1S/C35H30BrN3O4S/c1-5-43-34(41)30-31(23-12-7-6-8-13-23)37-35-39(32(30)29-24-14-10-9-11-22(24)16-18-27(29)42-4)33(40)28(44-35)20-21-15-17-26(38(2)3)25(36)19-21/h6-20,32H,5H2,1-4H3/b28-20+. The van der Waals surface area contributed by atoms with E-state index in [0.717, 1.165) is 32.1 Å². The summed E-state index contributed by atoms with van der Waals surface area (Å²) in [6.45, 7) is 1.94. The number of methoxy groups -OCH3 is 1. The minimum absolute atomic E-state index is 0.173. The van der Waals surface area contributed by atoms with Crippen molar-refractivity contribution in [3.8, 4) is 5.75 Å². The van der Waals surface area contributed by atoms with Crippen LogP contribution in [0.4, 0.5) is 5.69 Å². The number of anilines is 1. The van der Waals surface area contributed by atoms with Crippen LogP contribution in [0.25, 0.3) is 22.5 Å². The van der Waals surface area contributed by atoms with Crippen LogP contribution in [0.15, 0.2) is 105 Å². The molecule has 4 aromatic carbocycles. The maximum atomic E-state index is 14.4. The highest BCUT2D eigenvalue weighted by atomic mass is 79.9. The summed E-state index contributed by atoms with van der Waals surface area (Å²) in [5.41, 5.74) is 3.83. The zero-order valence-corrected chi connectivity index (χ0v) is 27.1. The molecule has 44 heavy (non-hydrogen) atoms. The normalized spacial score (nSPS) is 14.8. The molecule has 9 heteroatoms. The summed E-state index contributed by atoms with van der Waals surface area (Å²) in [5, 5.41) is 1.82. The number of fused-ring (bicyclic) bond motifs is 2. The number of carbonyl (C=O) groups excluding carboxylic acids is 1. The third kappa shape index (κ3) is 5.27. The molecular formula is C35H30BrN3O4S. The van der Waals surface area contributed by atoms with Crippen LogP contribution >= 0.6 is 27.3 Å². The van der Waals surface area contributed by atoms with E-state index in [0.29, 0.717) is 26.3 Å². The molecule has 0 amide bonds. The summed E-state index contributed by atoms with van der Waals surface area (Å²) < 4.78 is 14.6. The molecule has 1 aliphatic rings. The molecule has 1 atom stereocenters. The molecule has 1 aliphatic heterocycles. The number of hydrogen-bond acceptors (Lipinski definition) is 7. The maximum absolute atomic E-state index is 14.4. The Morgan fingerprint density at radius 1 is 1.05 bits per heavy atom. The number of thiazole rings is 1. The van der Waals surface area contributed by atoms with Crippen LogP contribution in [0.2, 0.25) is 0 Å². The van der Waals surface area contributed by atoms with Gasteiger partial charge in [0.25, 0.3) is 5.56 Å². The van der Waals surface area contributed by atoms with Gasteiger partial charge in [0.2, 0.25) is 0 Å². The number of carbonyl (C=O) groups is 1. The minimum Gasteiger partial charge on any atom is -0.496 e. The summed E-state index contributed by atoms with van der Waals surface area (Å²) in [6, 6.07) is 26.4. The number of benzene rings is 4. The predicted molar refractivity (Wildman–Crippen MR) is 180 cm³/mol. The highest BCUT2D eigenvalue weighted by molar-refractivity contribution is 9.10. The Kier molecular flexibility index (Phi) is 8.25. The molecule has 2 heterocycles. The van der Waals surface area contributed by atoms with E-state index < -0.39 is 12.0 Å². The van der Waals surface area contributed by atoms with Crippen LogP contribution in [0.3, 0.4) is 0 Å². The molecule has 0 bridgehead atoms. The molecule has 0 spiro atoms. The fourth-order valence-electron chi connectivity index (χ4n) is 5.58. The number of ether oxygens (including phenoxy) is 2. The molecule has 0 fully saturated rings. The highest BCUT2D eigenvalue weighted by Gasteiger charge is 2.37. The van der Waals surface area contributed by atoms with Crippen LogP contribution in [-0.4, -0.2) is 38.3 Å². The lowest BCUT2D eigenvalue weighted by molar-refractivity contribution is -0.138. The Balaban J connectivity index is 1.71. The van der Waals surface area contributed by atoms with Crippen molar-refractivity contribution in [3.05, 3.63) is 131 Å². The third-order valence-corrected chi connectivity index (χ3v) is 9.17. The molecule has 0 N–H and O–H groups in total. The van der Waals surface area contributed by atoms with Gasteiger partial charge in [0, 0.05) is 29.7 Å². The van der Waals surface area contributed by atoms with Crippen molar-refractivity contribution >= 4 is 61.5 Å². The van der Waals surface area contributed by atoms with Crippen LogP contribution in [0.1, 0.15) is 29.7 Å². The van der Waals surface area contributed by atoms with Gasteiger partial charge in [0.05, 0.1) is 35.2 Å². The van der Waals surface area contributed by atoms with Gasteiger partial charge in [0.15, 0.2) is 4.80 Å². The summed E-state index contributed by atoms with van der Waals surface area (Å²) >= 11 is 4.95. The van der Waals surface area contributed by atoms with E-state index in [1.54, 1.807) is 18.6 Å². The first kappa shape index (κ1) is 29.6. The van der Waals surface area contributed by atoms with E-state index in [1.165, 1.54) is 11.3 Å². The first-order valence-electron chi connectivity index (χ1n) is 14.1. The Labute approximate surface area is 267 Å². The van der Waals surface area contributed by atoms with Crippen molar-refractivity contribution in [2.24, 2.45) is 4.99 Å². The second-order valence-electron chi connectivity index (χ2n) is 10.4. The Hall–Kier alpha value is -4.47. The average Bonchev–Trinajstić information content (AvgIpc) is 3.34. The van der Waals surface area contributed by atoms with Gasteiger partial charge in [-0.15, -0.1) is 0 Å². The minimum atomic E-state index is -0.855. The number of hydrogen-bond donors (Lipinski definition) is 0. The van der Waals surface area contributed by atoms with Crippen molar-refractivity contribution in [1.82, 2.24) is 4.57 Å². The average molecular weight is 669 g/mol. The van der Waals surface area contributed by atoms with Gasteiger partial charge in [-0.05, 0) is 63.5 Å². The van der Waals surface area contributed by atoms with Crippen molar-refractivity contribution in [2.45, 2.75) is 13.0 Å². The fourth-order valence-corrected chi connectivity index (χ4v) is 7.33. The zero-order valence-electron chi connectivity index (χ0n) is 24.7. The number of rotatable bonds is 7. The topological polar surface area (TPSA) is 73.1 Å². The van der Waals surface area contributed by atoms with Gasteiger partial charge in [-0.1, -0.05) is 78.1 Å². The van der Waals surface area contributed by atoms with E-state index in [4.69, 9.17) is 14.5 Å². The smallest absolute Gasteiger partial charge is 0.338 e. The number of halogens is 1. The third-order valence-electron chi connectivity index (χ3n) is 7.55. The summed E-state index contributed by atoms with van der Waals surface area (Å²) in [7, 11) is 5.55. The highest BCUT2D eigenvalue weighted by Crippen LogP contribution is 2.42. The Bertz CT molecular complexity index is 2120. The van der Waals surface area contributed by atoms with Crippen LogP contribution < -0.4 is 24.5 Å². The number of nitrogens with zero attached hydrogens (tertiary/aromatic N) is 3. The van der Waals surface area contributed by atoms with Crippen LogP contribution in [-0.2, 0) is 9.53 Å². The second kappa shape index (κ2) is 12.3. The molecular weight excluding hydrogens is 638 g/mol. The van der Waals surface area contributed by atoms with Crippen molar-refractivity contribution < 1.29 is 14.3 Å². The largest absolute Gasteiger partial charge is 0.496 e. The van der Waals surface area contributed by atoms with E-state index in [1.807, 2.05) is 110 Å². The van der Waals surface area contributed by atoms with E-state index >= 15 is 0 Å². The lowest BCUT2D eigenvalue weighted by Gasteiger charge is -2.28. The lowest BCUT2D eigenvalue weighted by Crippen LogP contribution is -2.40. The van der Waals surface area contributed by atoms with Gasteiger partial charge >= 0.3 is 5.97 Å². The SMILES string of the molecule is CCOC(=O)C1=C(c2ccccc2)N=c2s/c(=C/c3ccc(N(C)C)c(Br)c3)c(=O)n2C1c1c(OC)ccc2ccccc12. The van der Waals surface area contributed by atoms with E-state index in [2.05, 4.69) is 15.9 Å². The van der Waals surface area contributed by atoms with E-state index in [9.17, 15) is 9.59 Å². The molecule has 0 saturated carbocycles. The Morgan fingerprint density at radius 2 is 1.80 bits per heavy atom. The summed E-state index contributed by atoms with van der Waals surface area (Å²) in [6.07, 6.45) is 1.86. The van der Waals surface area contributed by atoms with Crippen LogP contribution in [0, 0.1) is 0 Å². The Morgan fingerprint density at radius 3 is 2.50 bits per heavy atom. The van der Waals surface area contributed by atoms with Gasteiger partial charge in [0.1, 0.15) is 11.8 Å². The van der Waals surface area contributed by atoms with Crippen molar-refractivity contribution in [3.63, 3.8) is 0 Å². The first-order chi connectivity index (χ1) is 21.3. The van der Waals surface area contributed by atoms with E-state index in [-0.39, 0.29) is 17.7 Å². The van der Waals surface area contributed by atoms with Gasteiger partial charge in [-0.3, -0.25) is 9.36 Å². The van der Waals surface area contributed by atoms with Crippen molar-refractivity contribution in [2.75, 3.05) is 32.7 Å². The molecule has 0 radical (unpaired) electrons. The van der Waals surface area contributed by atoms with Crippen LogP contribution in [0.5, 0.6) is 5.75 Å². The molecule has 1 aromatic heterocycles. The molecule has 0 aliphatic carbocycles. The first-order valence-corrected chi connectivity index (χ1v) is 15.7. The molecule has 0 saturated heterocycles. The van der Waals surface area contributed by atoms with Crippen molar-refractivity contribution in [1.29, 1.82) is 0 Å². The molecule has 1 unspecified atom stereocenters. The molecule has 5 aromatic rings. The van der Waals surface area contributed by atoms with Gasteiger partial charge < -0.3 is 14.4 Å². The number of esters is 1. The summed E-state index contributed by atoms with van der Waals surface area (Å²) in [4.78, 5) is 35.8. The predicted octanol–water partition coefficient (Wildman–Crippen LogP) is 5.93. The molecule has 7 nitrogen and oxygen atoms in total. The molecule has 6 rings (SSSR count).